The summed E-state index contributed by atoms with van der Waals surface area (Å²) in [4.78, 5) is 2.67. The van der Waals surface area contributed by atoms with Crippen molar-refractivity contribution in [2.45, 2.75) is 52.1 Å². The predicted octanol–water partition coefficient (Wildman–Crippen LogP) is 1.86. The molecule has 0 saturated carbocycles. The molecule has 0 radical (unpaired) electrons. The highest BCUT2D eigenvalue weighted by atomic mass is 15.2. The van der Waals surface area contributed by atoms with Crippen LogP contribution in [0.3, 0.4) is 0 Å². The van der Waals surface area contributed by atoms with E-state index >= 15 is 0 Å². The lowest BCUT2D eigenvalue weighted by molar-refractivity contribution is 0.126. The van der Waals surface area contributed by atoms with Gasteiger partial charge in [0.05, 0.1) is 0 Å². The summed E-state index contributed by atoms with van der Waals surface area (Å²) in [6, 6.07) is 1.55. The molecular weight excluding hydrogens is 160 g/mol. The predicted molar refractivity (Wildman–Crippen MR) is 58.0 cm³/mol. The Kier molecular flexibility index (Phi) is 4.74. The van der Waals surface area contributed by atoms with E-state index in [1.165, 1.54) is 38.9 Å². The molecule has 0 aliphatic carbocycles. The van der Waals surface area contributed by atoms with Crippen molar-refractivity contribution < 1.29 is 0 Å². The van der Waals surface area contributed by atoms with E-state index in [4.69, 9.17) is 0 Å². The standard InChI is InChI=1S/C11H24N2/c1-4-9-13(10(2)3)11-5-7-12-8-6-11/h10-12H,4-9H2,1-3H3. The minimum atomic E-state index is 0.711. The zero-order chi connectivity index (χ0) is 9.68. The van der Waals surface area contributed by atoms with Crippen LogP contribution in [0.25, 0.3) is 0 Å². The number of hydrogen-bond donors (Lipinski definition) is 1. The van der Waals surface area contributed by atoms with Crippen LogP contribution in [0, 0.1) is 0 Å². The maximum atomic E-state index is 3.42. The average molecular weight is 184 g/mol. The van der Waals surface area contributed by atoms with E-state index < -0.39 is 0 Å². The molecule has 0 bridgehead atoms. The minimum Gasteiger partial charge on any atom is -0.317 e. The van der Waals surface area contributed by atoms with Crippen molar-refractivity contribution in [2.75, 3.05) is 19.6 Å². The fourth-order valence-electron chi connectivity index (χ4n) is 2.26. The third-order valence-electron chi connectivity index (χ3n) is 2.92. The van der Waals surface area contributed by atoms with Gasteiger partial charge in [0.25, 0.3) is 0 Å². The van der Waals surface area contributed by atoms with Gasteiger partial charge in [0.15, 0.2) is 0 Å². The molecule has 0 aromatic rings. The second kappa shape index (κ2) is 5.61. The SMILES string of the molecule is CCCN(C(C)C)C1CCNCC1. The highest BCUT2D eigenvalue weighted by molar-refractivity contribution is 4.79. The molecule has 78 valence electrons. The van der Waals surface area contributed by atoms with Crippen LogP contribution in [-0.2, 0) is 0 Å². The van der Waals surface area contributed by atoms with E-state index in [1.54, 1.807) is 0 Å². The zero-order valence-electron chi connectivity index (χ0n) is 9.34. The molecule has 1 aliphatic heterocycles. The fourth-order valence-corrected chi connectivity index (χ4v) is 2.26. The quantitative estimate of drug-likeness (QED) is 0.717. The Bertz CT molecular complexity index is 128. The Morgan fingerprint density at radius 3 is 2.38 bits per heavy atom. The second-order valence-corrected chi connectivity index (χ2v) is 4.31. The van der Waals surface area contributed by atoms with Crippen LogP contribution in [0.2, 0.25) is 0 Å². The lowest BCUT2D eigenvalue weighted by Gasteiger charge is -2.37. The summed E-state index contributed by atoms with van der Waals surface area (Å²) in [6.07, 6.45) is 3.94. The maximum Gasteiger partial charge on any atom is 0.0122 e. The molecule has 1 saturated heterocycles. The van der Waals surface area contributed by atoms with E-state index in [0.717, 1.165) is 6.04 Å². The topological polar surface area (TPSA) is 15.3 Å². The Morgan fingerprint density at radius 2 is 1.92 bits per heavy atom. The number of piperidine rings is 1. The molecule has 1 rings (SSSR count). The molecule has 1 fully saturated rings. The van der Waals surface area contributed by atoms with Crippen molar-refractivity contribution in [1.82, 2.24) is 10.2 Å². The highest BCUT2D eigenvalue weighted by Gasteiger charge is 2.21. The molecule has 1 aliphatic rings. The molecule has 2 heteroatoms. The van der Waals surface area contributed by atoms with Crippen molar-refractivity contribution in [1.29, 1.82) is 0 Å². The maximum absolute atomic E-state index is 3.42. The van der Waals surface area contributed by atoms with Crippen LogP contribution < -0.4 is 5.32 Å². The van der Waals surface area contributed by atoms with Gasteiger partial charge in [0.1, 0.15) is 0 Å². The van der Waals surface area contributed by atoms with E-state index in [-0.39, 0.29) is 0 Å². The minimum absolute atomic E-state index is 0.711. The number of hydrogen-bond acceptors (Lipinski definition) is 2. The Morgan fingerprint density at radius 1 is 1.31 bits per heavy atom. The van der Waals surface area contributed by atoms with E-state index in [2.05, 4.69) is 31.0 Å². The summed E-state index contributed by atoms with van der Waals surface area (Å²) in [5.74, 6) is 0. The second-order valence-electron chi connectivity index (χ2n) is 4.31. The number of nitrogens with zero attached hydrogens (tertiary/aromatic N) is 1. The Labute approximate surface area is 82.7 Å². The van der Waals surface area contributed by atoms with Gasteiger partial charge >= 0.3 is 0 Å². The first kappa shape index (κ1) is 11.0. The third kappa shape index (κ3) is 3.28. The van der Waals surface area contributed by atoms with Crippen molar-refractivity contribution in [3.63, 3.8) is 0 Å². The monoisotopic (exact) mass is 184 g/mol. The van der Waals surface area contributed by atoms with Crippen molar-refractivity contribution in [2.24, 2.45) is 0 Å². The number of rotatable bonds is 4. The Hall–Kier alpha value is -0.0800. The molecule has 0 aromatic heterocycles. The van der Waals surface area contributed by atoms with Gasteiger partial charge in [-0.05, 0) is 52.7 Å². The molecule has 1 heterocycles. The van der Waals surface area contributed by atoms with Crippen molar-refractivity contribution in [3.05, 3.63) is 0 Å². The van der Waals surface area contributed by atoms with Crippen LogP contribution in [0.4, 0.5) is 0 Å². The molecule has 0 unspecified atom stereocenters. The molecule has 2 nitrogen and oxygen atoms in total. The first-order valence-electron chi connectivity index (χ1n) is 5.72. The molecule has 13 heavy (non-hydrogen) atoms. The largest absolute Gasteiger partial charge is 0.317 e. The first-order chi connectivity index (χ1) is 6.25. The van der Waals surface area contributed by atoms with Gasteiger partial charge in [-0.3, -0.25) is 4.90 Å². The number of nitrogens with one attached hydrogen (secondary N) is 1. The lowest BCUT2D eigenvalue weighted by Crippen LogP contribution is -2.46. The molecule has 0 atom stereocenters. The van der Waals surface area contributed by atoms with Gasteiger partial charge < -0.3 is 5.32 Å². The fraction of sp³-hybridized carbons (Fsp3) is 1.00. The van der Waals surface area contributed by atoms with Gasteiger partial charge in [-0.15, -0.1) is 0 Å². The van der Waals surface area contributed by atoms with Crippen LogP contribution in [-0.4, -0.2) is 36.6 Å². The summed E-state index contributed by atoms with van der Waals surface area (Å²) >= 11 is 0. The lowest BCUT2D eigenvalue weighted by atomic mass is 10.0. The smallest absolute Gasteiger partial charge is 0.0122 e. The summed E-state index contributed by atoms with van der Waals surface area (Å²) in [7, 11) is 0. The van der Waals surface area contributed by atoms with E-state index in [9.17, 15) is 0 Å². The van der Waals surface area contributed by atoms with Crippen molar-refractivity contribution >= 4 is 0 Å². The molecule has 1 N–H and O–H groups in total. The van der Waals surface area contributed by atoms with Gasteiger partial charge in [0, 0.05) is 12.1 Å². The van der Waals surface area contributed by atoms with Crippen LogP contribution in [0.1, 0.15) is 40.0 Å². The summed E-state index contributed by atoms with van der Waals surface area (Å²) < 4.78 is 0. The molecular formula is C11H24N2. The van der Waals surface area contributed by atoms with Gasteiger partial charge in [-0.1, -0.05) is 6.92 Å². The summed E-state index contributed by atoms with van der Waals surface area (Å²) in [6.45, 7) is 10.6. The Balaban J connectivity index is 2.41. The summed E-state index contributed by atoms with van der Waals surface area (Å²) in [5, 5.41) is 3.42. The highest BCUT2D eigenvalue weighted by Crippen LogP contribution is 2.15. The first-order valence-corrected chi connectivity index (χ1v) is 5.72. The summed E-state index contributed by atoms with van der Waals surface area (Å²) in [5.41, 5.74) is 0. The van der Waals surface area contributed by atoms with E-state index in [0.29, 0.717) is 6.04 Å². The zero-order valence-corrected chi connectivity index (χ0v) is 9.34. The van der Waals surface area contributed by atoms with Gasteiger partial charge in [-0.25, -0.2) is 0 Å². The van der Waals surface area contributed by atoms with Crippen LogP contribution in [0.15, 0.2) is 0 Å². The molecule has 0 spiro atoms. The van der Waals surface area contributed by atoms with Gasteiger partial charge in [-0.2, -0.15) is 0 Å². The van der Waals surface area contributed by atoms with E-state index in [1.807, 2.05) is 0 Å². The van der Waals surface area contributed by atoms with Crippen LogP contribution >= 0.6 is 0 Å². The molecule has 0 amide bonds. The van der Waals surface area contributed by atoms with Crippen molar-refractivity contribution in [3.8, 4) is 0 Å². The third-order valence-corrected chi connectivity index (χ3v) is 2.92. The normalized spacial score (nSPS) is 20.1. The average Bonchev–Trinajstić information content (AvgIpc) is 2.15. The van der Waals surface area contributed by atoms with Crippen LogP contribution in [0.5, 0.6) is 0 Å². The molecule has 0 aromatic carbocycles. The van der Waals surface area contributed by atoms with Gasteiger partial charge in [0.2, 0.25) is 0 Å².